The molecule has 0 fully saturated rings. The minimum Gasteiger partial charge on any atom is -0.389 e. The lowest BCUT2D eigenvalue weighted by atomic mass is 10.0. The minimum absolute atomic E-state index is 0.0325. The number of nitrogens with zero attached hydrogens (tertiary/aromatic N) is 2. The molecule has 0 saturated carbocycles. The van der Waals surface area contributed by atoms with Crippen LogP contribution in [0.15, 0.2) is 10.9 Å². The van der Waals surface area contributed by atoms with Crippen molar-refractivity contribution in [2.24, 2.45) is 11.7 Å². The standard InChI is InChI=1S/C15H23N3OS/c1-4-17-6-5-13-11(9-17)7-12(14(16)20)15(19)18(13)8-10(2)3/h7,10H,4-6,8-9H2,1-3H3,(H2,16,20). The summed E-state index contributed by atoms with van der Waals surface area (Å²) in [7, 11) is 0. The Bertz CT molecular complexity index is 577. The van der Waals surface area contributed by atoms with E-state index in [9.17, 15) is 4.79 Å². The second-order valence-electron chi connectivity index (χ2n) is 5.82. The normalized spacial score (nSPS) is 15.4. The molecule has 0 aliphatic carbocycles. The highest BCUT2D eigenvalue weighted by molar-refractivity contribution is 7.80. The zero-order chi connectivity index (χ0) is 14.9. The molecule has 0 radical (unpaired) electrons. The van der Waals surface area contributed by atoms with Crippen LogP contribution < -0.4 is 11.3 Å². The predicted octanol–water partition coefficient (Wildman–Crippen LogP) is 1.52. The number of hydrogen-bond acceptors (Lipinski definition) is 3. The van der Waals surface area contributed by atoms with E-state index in [0.29, 0.717) is 11.5 Å². The molecule has 1 aliphatic heterocycles. The summed E-state index contributed by atoms with van der Waals surface area (Å²) < 4.78 is 1.89. The van der Waals surface area contributed by atoms with Gasteiger partial charge in [-0.05, 0) is 24.1 Å². The summed E-state index contributed by atoms with van der Waals surface area (Å²) in [5.74, 6) is 0.419. The van der Waals surface area contributed by atoms with Crippen molar-refractivity contribution < 1.29 is 0 Å². The average Bonchev–Trinajstić information content (AvgIpc) is 2.40. The second-order valence-corrected chi connectivity index (χ2v) is 6.26. The SMILES string of the molecule is CCN1CCc2c(cc(C(N)=S)c(=O)n2CC(C)C)C1. The van der Waals surface area contributed by atoms with Gasteiger partial charge in [0.25, 0.3) is 5.56 Å². The summed E-state index contributed by atoms with van der Waals surface area (Å²) in [5, 5.41) is 0. The molecular formula is C15H23N3OS. The topological polar surface area (TPSA) is 51.3 Å². The molecular weight excluding hydrogens is 270 g/mol. The molecule has 110 valence electrons. The van der Waals surface area contributed by atoms with Gasteiger partial charge in [-0.25, -0.2) is 0 Å². The van der Waals surface area contributed by atoms with Gasteiger partial charge in [-0.3, -0.25) is 9.69 Å². The first-order chi connectivity index (χ1) is 9.43. The molecule has 0 amide bonds. The molecule has 2 heterocycles. The Morgan fingerprint density at radius 1 is 1.50 bits per heavy atom. The van der Waals surface area contributed by atoms with Crippen LogP contribution in [0.2, 0.25) is 0 Å². The van der Waals surface area contributed by atoms with Crippen LogP contribution in [0.4, 0.5) is 0 Å². The maximum absolute atomic E-state index is 12.6. The van der Waals surface area contributed by atoms with Gasteiger partial charge in [0.15, 0.2) is 0 Å². The van der Waals surface area contributed by atoms with E-state index in [1.807, 2.05) is 10.6 Å². The number of fused-ring (bicyclic) bond motifs is 1. The number of thiocarbonyl (C=S) groups is 1. The van der Waals surface area contributed by atoms with Crippen molar-refractivity contribution in [1.29, 1.82) is 0 Å². The van der Waals surface area contributed by atoms with E-state index in [-0.39, 0.29) is 10.5 Å². The van der Waals surface area contributed by atoms with E-state index in [1.54, 1.807) is 0 Å². The zero-order valence-electron chi connectivity index (χ0n) is 12.5. The quantitative estimate of drug-likeness (QED) is 0.855. The largest absolute Gasteiger partial charge is 0.389 e. The van der Waals surface area contributed by atoms with Crippen molar-refractivity contribution in [3.05, 3.63) is 33.2 Å². The van der Waals surface area contributed by atoms with Gasteiger partial charge in [0.05, 0.1) is 5.56 Å². The Hall–Kier alpha value is -1.20. The van der Waals surface area contributed by atoms with Crippen molar-refractivity contribution in [3.8, 4) is 0 Å². The fourth-order valence-corrected chi connectivity index (χ4v) is 2.93. The van der Waals surface area contributed by atoms with Gasteiger partial charge >= 0.3 is 0 Å². The fraction of sp³-hybridized carbons (Fsp3) is 0.600. The summed E-state index contributed by atoms with van der Waals surface area (Å²) in [4.78, 5) is 15.1. The van der Waals surface area contributed by atoms with Gasteiger partial charge in [-0.1, -0.05) is 33.0 Å². The lowest BCUT2D eigenvalue weighted by Gasteiger charge is -2.30. The summed E-state index contributed by atoms with van der Waals surface area (Å²) in [6, 6.07) is 1.90. The molecule has 20 heavy (non-hydrogen) atoms. The predicted molar refractivity (Wildman–Crippen MR) is 86.1 cm³/mol. The van der Waals surface area contributed by atoms with E-state index in [1.165, 1.54) is 5.56 Å². The first kappa shape index (κ1) is 15.2. The maximum atomic E-state index is 12.6. The van der Waals surface area contributed by atoms with Crippen LogP contribution in [-0.4, -0.2) is 27.5 Å². The zero-order valence-corrected chi connectivity index (χ0v) is 13.3. The third-order valence-electron chi connectivity index (χ3n) is 3.81. The van der Waals surface area contributed by atoms with Crippen LogP contribution >= 0.6 is 12.2 Å². The van der Waals surface area contributed by atoms with Crippen molar-refractivity contribution >= 4 is 17.2 Å². The van der Waals surface area contributed by atoms with Crippen molar-refractivity contribution in [3.63, 3.8) is 0 Å². The minimum atomic E-state index is -0.0325. The van der Waals surface area contributed by atoms with Gasteiger partial charge in [-0.15, -0.1) is 0 Å². The molecule has 0 saturated heterocycles. The smallest absolute Gasteiger partial charge is 0.261 e. The van der Waals surface area contributed by atoms with Gasteiger partial charge in [0.1, 0.15) is 4.99 Å². The van der Waals surface area contributed by atoms with Crippen LogP contribution in [0.3, 0.4) is 0 Å². The molecule has 5 heteroatoms. The molecule has 1 aliphatic rings. The molecule has 4 nitrogen and oxygen atoms in total. The molecule has 0 unspecified atom stereocenters. The molecule has 0 bridgehead atoms. The first-order valence-corrected chi connectivity index (χ1v) is 7.62. The van der Waals surface area contributed by atoms with E-state index in [4.69, 9.17) is 18.0 Å². The molecule has 2 N–H and O–H groups in total. The second kappa shape index (κ2) is 6.06. The van der Waals surface area contributed by atoms with E-state index in [0.717, 1.165) is 38.3 Å². The molecule has 0 atom stereocenters. The Labute approximate surface area is 125 Å². The number of nitrogens with two attached hydrogens (primary N) is 1. The molecule has 1 aromatic rings. The van der Waals surface area contributed by atoms with Gasteiger partial charge in [0.2, 0.25) is 0 Å². The lowest BCUT2D eigenvalue weighted by molar-refractivity contribution is 0.260. The van der Waals surface area contributed by atoms with Crippen molar-refractivity contribution in [2.45, 2.75) is 40.3 Å². The average molecular weight is 293 g/mol. The Balaban J connectivity index is 2.57. The molecule has 0 aromatic carbocycles. The Morgan fingerprint density at radius 3 is 2.75 bits per heavy atom. The van der Waals surface area contributed by atoms with Crippen LogP contribution in [0.5, 0.6) is 0 Å². The number of pyridine rings is 1. The highest BCUT2D eigenvalue weighted by Gasteiger charge is 2.22. The summed E-state index contributed by atoms with van der Waals surface area (Å²) in [5.41, 5.74) is 8.53. The summed E-state index contributed by atoms with van der Waals surface area (Å²) >= 11 is 5.04. The van der Waals surface area contributed by atoms with Gasteiger partial charge in [0, 0.05) is 31.7 Å². The number of rotatable bonds is 4. The Kier molecular flexibility index (Phi) is 4.60. The van der Waals surface area contributed by atoms with Crippen molar-refractivity contribution in [2.75, 3.05) is 13.1 Å². The number of hydrogen-bond donors (Lipinski definition) is 1. The van der Waals surface area contributed by atoms with Crippen LogP contribution in [-0.2, 0) is 19.5 Å². The number of aromatic nitrogens is 1. The lowest BCUT2D eigenvalue weighted by Crippen LogP contribution is -2.39. The van der Waals surface area contributed by atoms with E-state index < -0.39 is 0 Å². The summed E-state index contributed by atoms with van der Waals surface area (Å²) in [6.45, 7) is 10.0. The molecule has 2 rings (SSSR count). The third-order valence-corrected chi connectivity index (χ3v) is 4.03. The highest BCUT2D eigenvalue weighted by Crippen LogP contribution is 2.19. The fourth-order valence-electron chi connectivity index (χ4n) is 2.78. The summed E-state index contributed by atoms with van der Waals surface area (Å²) in [6.07, 6.45) is 0.919. The monoisotopic (exact) mass is 293 g/mol. The van der Waals surface area contributed by atoms with E-state index >= 15 is 0 Å². The highest BCUT2D eigenvalue weighted by atomic mass is 32.1. The number of likely N-dealkylation sites (N-methyl/N-ethyl adjacent to an activating group) is 1. The Morgan fingerprint density at radius 2 is 2.20 bits per heavy atom. The molecule has 1 aromatic heterocycles. The third kappa shape index (κ3) is 2.94. The van der Waals surface area contributed by atoms with Crippen molar-refractivity contribution in [1.82, 2.24) is 9.47 Å². The van der Waals surface area contributed by atoms with Crippen LogP contribution in [0.25, 0.3) is 0 Å². The van der Waals surface area contributed by atoms with Gasteiger partial charge in [-0.2, -0.15) is 0 Å². The van der Waals surface area contributed by atoms with Crippen LogP contribution in [0, 0.1) is 5.92 Å². The van der Waals surface area contributed by atoms with Crippen LogP contribution in [0.1, 0.15) is 37.6 Å². The van der Waals surface area contributed by atoms with Gasteiger partial charge < -0.3 is 10.3 Å². The van der Waals surface area contributed by atoms with E-state index in [2.05, 4.69) is 25.7 Å². The molecule has 0 spiro atoms. The maximum Gasteiger partial charge on any atom is 0.261 e. The first-order valence-electron chi connectivity index (χ1n) is 7.21.